The molecule has 2 N–H and O–H groups in total. The van der Waals surface area contributed by atoms with Gasteiger partial charge in [-0.2, -0.15) is 0 Å². The molecular weight excluding hydrogens is 254 g/mol. The van der Waals surface area contributed by atoms with Crippen LogP contribution < -0.4 is 10.6 Å². The van der Waals surface area contributed by atoms with Crippen molar-refractivity contribution < 1.29 is 9.15 Å². The SMILES string of the molecule is CN=C(NCc1cc(C)oc1C)NCC1(C)CCCO1. The third-order valence-corrected chi connectivity index (χ3v) is 3.74. The maximum Gasteiger partial charge on any atom is 0.191 e. The fraction of sp³-hybridized carbons (Fsp3) is 0.667. The van der Waals surface area contributed by atoms with Gasteiger partial charge < -0.3 is 19.8 Å². The van der Waals surface area contributed by atoms with Crippen molar-refractivity contribution in [1.29, 1.82) is 0 Å². The molecule has 0 amide bonds. The zero-order chi connectivity index (χ0) is 14.6. The largest absolute Gasteiger partial charge is 0.466 e. The van der Waals surface area contributed by atoms with Crippen molar-refractivity contribution in [3.8, 4) is 0 Å². The minimum Gasteiger partial charge on any atom is -0.466 e. The van der Waals surface area contributed by atoms with Crippen molar-refractivity contribution in [3.63, 3.8) is 0 Å². The molecule has 0 aliphatic carbocycles. The van der Waals surface area contributed by atoms with Crippen molar-refractivity contribution in [2.75, 3.05) is 20.2 Å². The lowest BCUT2D eigenvalue weighted by Crippen LogP contribution is -2.45. The molecule has 1 aliphatic rings. The van der Waals surface area contributed by atoms with Crippen LogP contribution >= 0.6 is 0 Å². The lowest BCUT2D eigenvalue weighted by Gasteiger charge is -2.24. The maximum atomic E-state index is 5.76. The molecule has 5 heteroatoms. The molecule has 20 heavy (non-hydrogen) atoms. The molecular formula is C15H25N3O2. The summed E-state index contributed by atoms with van der Waals surface area (Å²) in [4.78, 5) is 4.24. The van der Waals surface area contributed by atoms with Gasteiger partial charge in [-0.1, -0.05) is 0 Å². The molecule has 0 radical (unpaired) electrons. The van der Waals surface area contributed by atoms with Gasteiger partial charge in [0.2, 0.25) is 0 Å². The van der Waals surface area contributed by atoms with E-state index in [0.717, 1.165) is 49.0 Å². The first kappa shape index (κ1) is 14.9. The smallest absolute Gasteiger partial charge is 0.191 e. The number of aliphatic imine (C=N–C) groups is 1. The average Bonchev–Trinajstić information content (AvgIpc) is 2.97. The van der Waals surface area contributed by atoms with Crippen molar-refractivity contribution in [2.24, 2.45) is 4.99 Å². The van der Waals surface area contributed by atoms with Crippen LogP contribution in [0.5, 0.6) is 0 Å². The first-order valence-electron chi connectivity index (χ1n) is 7.17. The minimum absolute atomic E-state index is 0.0697. The number of hydrogen-bond acceptors (Lipinski definition) is 3. The molecule has 0 bridgehead atoms. The highest BCUT2D eigenvalue weighted by Crippen LogP contribution is 2.23. The highest BCUT2D eigenvalue weighted by Gasteiger charge is 2.29. The fourth-order valence-electron chi connectivity index (χ4n) is 2.51. The molecule has 1 aromatic rings. The summed E-state index contributed by atoms with van der Waals surface area (Å²) in [6, 6.07) is 2.05. The second-order valence-electron chi connectivity index (χ2n) is 5.62. The Bertz CT molecular complexity index is 473. The molecule has 5 nitrogen and oxygen atoms in total. The van der Waals surface area contributed by atoms with Crippen molar-refractivity contribution in [3.05, 3.63) is 23.2 Å². The van der Waals surface area contributed by atoms with E-state index in [1.54, 1.807) is 7.05 Å². The maximum absolute atomic E-state index is 5.76. The molecule has 1 fully saturated rings. The van der Waals surface area contributed by atoms with Crippen molar-refractivity contribution in [1.82, 2.24) is 10.6 Å². The second-order valence-corrected chi connectivity index (χ2v) is 5.62. The predicted octanol–water partition coefficient (Wildman–Crippen LogP) is 2.13. The predicted molar refractivity (Wildman–Crippen MR) is 80.0 cm³/mol. The molecule has 0 spiro atoms. The highest BCUT2D eigenvalue weighted by atomic mass is 16.5. The topological polar surface area (TPSA) is 58.8 Å². The summed E-state index contributed by atoms with van der Waals surface area (Å²) in [6.45, 7) is 8.42. The van der Waals surface area contributed by atoms with E-state index in [9.17, 15) is 0 Å². The summed E-state index contributed by atoms with van der Waals surface area (Å²) in [5.41, 5.74) is 1.09. The third-order valence-electron chi connectivity index (χ3n) is 3.74. The lowest BCUT2D eigenvalue weighted by molar-refractivity contribution is 0.0243. The highest BCUT2D eigenvalue weighted by molar-refractivity contribution is 5.79. The van der Waals surface area contributed by atoms with Crippen LogP contribution in [0.25, 0.3) is 0 Å². The van der Waals surface area contributed by atoms with Crippen LogP contribution in [0.2, 0.25) is 0 Å². The summed E-state index contributed by atoms with van der Waals surface area (Å²) >= 11 is 0. The number of guanidine groups is 1. The Balaban J connectivity index is 1.82. The summed E-state index contributed by atoms with van der Waals surface area (Å²) < 4.78 is 11.3. The van der Waals surface area contributed by atoms with E-state index >= 15 is 0 Å². The molecule has 112 valence electrons. The van der Waals surface area contributed by atoms with Gasteiger partial charge in [0.15, 0.2) is 5.96 Å². The Kier molecular flexibility index (Phi) is 4.70. The van der Waals surface area contributed by atoms with Crippen LogP contribution in [-0.2, 0) is 11.3 Å². The normalized spacial score (nSPS) is 23.1. The third kappa shape index (κ3) is 3.76. The molecule has 1 aliphatic heterocycles. The average molecular weight is 279 g/mol. The Morgan fingerprint density at radius 1 is 1.40 bits per heavy atom. The Morgan fingerprint density at radius 3 is 2.75 bits per heavy atom. The second kappa shape index (κ2) is 6.31. The van der Waals surface area contributed by atoms with E-state index < -0.39 is 0 Å². The van der Waals surface area contributed by atoms with E-state index in [1.165, 1.54) is 0 Å². The van der Waals surface area contributed by atoms with E-state index in [4.69, 9.17) is 9.15 Å². The van der Waals surface area contributed by atoms with Gasteiger partial charge >= 0.3 is 0 Å². The standard InChI is InChI=1S/C15H25N3O2/c1-11-8-13(12(2)20-11)9-17-14(16-4)18-10-15(3)6-5-7-19-15/h8H,5-7,9-10H2,1-4H3,(H2,16,17,18). The van der Waals surface area contributed by atoms with Gasteiger partial charge in [-0.15, -0.1) is 0 Å². The molecule has 2 heterocycles. The van der Waals surface area contributed by atoms with Gasteiger partial charge in [0, 0.05) is 32.3 Å². The molecule has 1 unspecified atom stereocenters. The summed E-state index contributed by atoms with van der Waals surface area (Å²) in [7, 11) is 1.78. The summed E-state index contributed by atoms with van der Waals surface area (Å²) in [5, 5.41) is 6.64. The van der Waals surface area contributed by atoms with Crippen LogP contribution in [-0.4, -0.2) is 31.8 Å². The van der Waals surface area contributed by atoms with Gasteiger partial charge in [-0.25, -0.2) is 0 Å². The lowest BCUT2D eigenvalue weighted by atomic mass is 10.0. The molecule has 0 saturated carbocycles. The van der Waals surface area contributed by atoms with E-state index in [-0.39, 0.29) is 5.60 Å². The number of hydrogen-bond donors (Lipinski definition) is 2. The van der Waals surface area contributed by atoms with Crippen LogP contribution in [0.1, 0.15) is 36.8 Å². The zero-order valence-electron chi connectivity index (χ0n) is 12.9. The number of aryl methyl sites for hydroxylation is 2. The van der Waals surface area contributed by atoms with Crippen LogP contribution in [0.3, 0.4) is 0 Å². The molecule has 1 aromatic heterocycles. The molecule has 1 atom stereocenters. The van der Waals surface area contributed by atoms with Crippen molar-refractivity contribution >= 4 is 5.96 Å². The van der Waals surface area contributed by atoms with Crippen LogP contribution in [0, 0.1) is 13.8 Å². The van der Waals surface area contributed by atoms with Gasteiger partial charge in [0.1, 0.15) is 11.5 Å². The van der Waals surface area contributed by atoms with E-state index in [0.29, 0.717) is 6.54 Å². The Morgan fingerprint density at radius 2 is 2.20 bits per heavy atom. The quantitative estimate of drug-likeness (QED) is 0.655. The zero-order valence-corrected chi connectivity index (χ0v) is 12.9. The summed E-state index contributed by atoms with van der Waals surface area (Å²) in [5.74, 6) is 2.69. The molecule has 1 saturated heterocycles. The van der Waals surface area contributed by atoms with Gasteiger partial charge in [-0.3, -0.25) is 4.99 Å². The summed E-state index contributed by atoms with van der Waals surface area (Å²) in [6.07, 6.45) is 2.23. The Hall–Kier alpha value is -1.49. The number of ether oxygens (including phenoxy) is 1. The van der Waals surface area contributed by atoms with Gasteiger partial charge in [0.25, 0.3) is 0 Å². The van der Waals surface area contributed by atoms with E-state index in [2.05, 4.69) is 28.6 Å². The van der Waals surface area contributed by atoms with Crippen LogP contribution in [0.15, 0.2) is 15.5 Å². The first-order chi connectivity index (χ1) is 9.52. The van der Waals surface area contributed by atoms with Gasteiger partial charge in [0.05, 0.1) is 5.60 Å². The first-order valence-corrected chi connectivity index (χ1v) is 7.17. The molecule has 2 rings (SSSR count). The molecule has 0 aromatic carbocycles. The minimum atomic E-state index is -0.0697. The number of nitrogens with one attached hydrogen (secondary N) is 2. The number of nitrogens with zero attached hydrogens (tertiary/aromatic N) is 1. The monoisotopic (exact) mass is 279 g/mol. The van der Waals surface area contributed by atoms with Gasteiger partial charge in [-0.05, 0) is 39.7 Å². The van der Waals surface area contributed by atoms with E-state index in [1.807, 2.05) is 13.8 Å². The van der Waals surface area contributed by atoms with Crippen LogP contribution in [0.4, 0.5) is 0 Å². The van der Waals surface area contributed by atoms with Crippen molar-refractivity contribution in [2.45, 2.75) is 45.8 Å². The fourth-order valence-corrected chi connectivity index (χ4v) is 2.51. The number of rotatable bonds is 4. The number of furan rings is 1. The Labute approximate surface area is 120 Å².